The van der Waals surface area contributed by atoms with Crippen molar-refractivity contribution in [2.45, 2.75) is 37.6 Å². The Morgan fingerprint density at radius 1 is 1.04 bits per heavy atom. The van der Waals surface area contributed by atoms with Crippen molar-refractivity contribution in [2.75, 3.05) is 27.4 Å². The summed E-state index contributed by atoms with van der Waals surface area (Å²) in [6, 6.07) is 16.6. The van der Waals surface area contributed by atoms with Crippen LogP contribution in [0.5, 0.6) is 17.2 Å². The van der Waals surface area contributed by atoms with Crippen molar-refractivity contribution in [3.63, 3.8) is 0 Å². The van der Waals surface area contributed by atoms with Crippen molar-refractivity contribution in [1.82, 2.24) is 10.2 Å². The highest BCUT2D eigenvalue weighted by Crippen LogP contribution is 2.51. The van der Waals surface area contributed by atoms with Gasteiger partial charge in [-0.1, -0.05) is 42.0 Å². The first-order valence-corrected chi connectivity index (χ1v) is 14.8. The van der Waals surface area contributed by atoms with Gasteiger partial charge in [-0.3, -0.25) is 14.4 Å². The Labute approximate surface area is 265 Å². The summed E-state index contributed by atoms with van der Waals surface area (Å²) in [4.78, 5) is 41.3. The van der Waals surface area contributed by atoms with Gasteiger partial charge in [0.15, 0.2) is 28.6 Å². The standard InChI is InChI=1S/C35H34N2O9/c1-19-7-9-20(10-8-19)17-37(35(42)28-15-22-5-4-6-26(43-2)31(22)45-28)25-16-24(34(41)36-11-12-38)29-23-13-21(18-39)14-27(44-3)32(23)46-33(29)30(25)40/h4-10,13-16,18,25,29-30,33,38,40H,11-12,17H2,1-3H3,(H,36,41). The number of aldehydes is 1. The molecule has 2 aliphatic rings. The zero-order chi connectivity index (χ0) is 32.5. The summed E-state index contributed by atoms with van der Waals surface area (Å²) in [5.74, 6) is -0.769. The molecule has 2 heterocycles. The molecule has 0 spiro atoms. The number of hydrogen-bond acceptors (Lipinski definition) is 9. The number of rotatable bonds is 10. The molecule has 0 saturated heterocycles. The van der Waals surface area contributed by atoms with Crippen molar-refractivity contribution in [3.8, 4) is 17.2 Å². The predicted molar refractivity (Wildman–Crippen MR) is 167 cm³/mol. The molecule has 238 valence electrons. The molecule has 2 amide bonds. The predicted octanol–water partition coefficient (Wildman–Crippen LogP) is 3.54. The third-order valence-electron chi connectivity index (χ3n) is 8.44. The second-order valence-corrected chi connectivity index (χ2v) is 11.3. The second-order valence-electron chi connectivity index (χ2n) is 11.3. The van der Waals surface area contributed by atoms with E-state index in [4.69, 9.17) is 18.6 Å². The average Bonchev–Trinajstić information content (AvgIpc) is 3.69. The topological polar surface area (TPSA) is 148 Å². The maximum atomic E-state index is 14.4. The highest BCUT2D eigenvalue weighted by Gasteiger charge is 2.51. The van der Waals surface area contributed by atoms with E-state index in [-0.39, 0.29) is 36.8 Å². The Hall–Kier alpha value is -5.13. The number of amides is 2. The molecule has 6 rings (SSSR count). The van der Waals surface area contributed by atoms with E-state index >= 15 is 0 Å². The van der Waals surface area contributed by atoms with Crippen LogP contribution in [-0.2, 0) is 11.3 Å². The molecule has 11 heteroatoms. The van der Waals surface area contributed by atoms with E-state index in [1.165, 1.54) is 25.2 Å². The number of fused-ring (bicyclic) bond motifs is 4. The van der Waals surface area contributed by atoms with Crippen LogP contribution in [0.4, 0.5) is 0 Å². The molecule has 0 saturated carbocycles. The number of hydrogen-bond donors (Lipinski definition) is 3. The van der Waals surface area contributed by atoms with Gasteiger partial charge < -0.3 is 39.1 Å². The smallest absolute Gasteiger partial charge is 0.290 e. The SMILES string of the molecule is COc1cc(C=O)cc2c1OC1C2C(C(=O)NCCO)=CC(N(Cc2ccc(C)cc2)C(=O)c2cc3cccc(OC)c3o2)C1O. The summed E-state index contributed by atoms with van der Waals surface area (Å²) in [6.45, 7) is 1.72. The molecule has 46 heavy (non-hydrogen) atoms. The lowest BCUT2D eigenvalue weighted by Crippen LogP contribution is -2.55. The van der Waals surface area contributed by atoms with Gasteiger partial charge in [-0.15, -0.1) is 0 Å². The molecule has 3 aromatic carbocycles. The lowest BCUT2D eigenvalue weighted by molar-refractivity contribution is -0.118. The first-order chi connectivity index (χ1) is 22.3. The maximum Gasteiger partial charge on any atom is 0.290 e. The van der Waals surface area contributed by atoms with Crippen molar-refractivity contribution in [2.24, 2.45) is 0 Å². The van der Waals surface area contributed by atoms with Gasteiger partial charge in [0.05, 0.1) is 32.8 Å². The Morgan fingerprint density at radius 2 is 1.80 bits per heavy atom. The molecular weight excluding hydrogens is 592 g/mol. The molecule has 0 bridgehead atoms. The molecule has 1 aromatic heterocycles. The Bertz CT molecular complexity index is 1830. The molecule has 11 nitrogen and oxygen atoms in total. The van der Waals surface area contributed by atoms with Crippen molar-refractivity contribution >= 4 is 29.1 Å². The van der Waals surface area contributed by atoms with Crippen LogP contribution in [0, 0.1) is 6.92 Å². The number of aliphatic hydroxyl groups excluding tert-OH is 2. The molecule has 1 aliphatic heterocycles. The van der Waals surface area contributed by atoms with Crippen LogP contribution >= 0.6 is 0 Å². The molecule has 0 fully saturated rings. The molecule has 3 N–H and O–H groups in total. The molecule has 4 unspecified atom stereocenters. The summed E-state index contributed by atoms with van der Waals surface area (Å²) < 4.78 is 23.3. The first-order valence-electron chi connectivity index (χ1n) is 14.8. The van der Waals surface area contributed by atoms with E-state index in [9.17, 15) is 24.6 Å². The number of para-hydroxylation sites is 1. The van der Waals surface area contributed by atoms with E-state index in [1.54, 1.807) is 36.4 Å². The fraction of sp³-hybridized carbons (Fsp3) is 0.286. The minimum absolute atomic E-state index is 0.0149. The van der Waals surface area contributed by atoms with E-state index < -0.39 is 36.0 Å². The number of nitrogens with one attached hydrogen (secondary N) is 1. The molecule has 0 radical (unpaired) electrons. The summed E-state index contributed by atoms with van der Waals surface area (Å²) >= 11 is 0. The van der Waals surface area contributed by atoms with E-state index in [2.05, 4.69) is 5.32 Å². The van der Waals surface area contributed by atoms with Crippen LogP contribution in [0.2, 0.25) is 0 Å². The number of nitrogens with zero attached hydrogens (tertiary/aromatic N) is 1. The van der Waals surface area contributed by atoms with Gasteiger partial charge in [-0.05, 0) is 42.8 Å². The van der Waals surface area contributed by atoms with E-state index in [0.717, 1.165) is 11.1 Å². The van der Waals surface area contributed by atoms with Crippen molar-refractivity contribution < 1.29 is 43.2 Å². The number of ether oxygens (including phenoxy) is 3. The normalized spacial score (nSPS) is 19.8. The average molecular weight is 627 g/mol. The summed E-state index contributed by atoms with van der Waals surface area (Å²) in [6.07, 6.45) is -0.103. The molecule has 1 aliphatic carbocycles. The first kappa shape index (κ1) is 30.9. The fourth-order valence-electron chi connectivity index (χ4n) is 6.21. The Balaban J connectivity index is 1.48. The zero-order valence-electron chi connectivity index (χ0n) is 25.6. The number of aliphatic hydroxyl groups is 2. The lowest BCUT2D eigenvalue weighted by atomic mass is 9.77. The monoisotopic (exact) mass is 626 g/mol. The van der Waals surface area contributed by atoms with Crippen molar-refractivity contribution in [1.29, 1.82) is 0 Å². The third kappa shape index (κ3) is 5.48. The van der Waals surface area contributed by atoms with E-state index in [1.807, 2.05) is 31.2 Å². The maximum absolute atomic E-state index is 14.4. The molecular formula is C35H34N2O9. The third-order valence-corrected chi connectivity index (χ3v) is 8.44. The number of methoxy groups -OCH3 is 2. The quantitative estimate of drug-likeness (QED) is 0.225. The number of furan rings is 1. The van der Waals surface area contributed by atoms with Gasteiger partial charge in [-0.25, -0.2) is 0 Å². The van der Waals surface area contributed by atoms with Gasteiger partial charge in [0.2, 0.25) is 5.91 Å². The molecule has 4 aromatic rings. The molecule has 4 atom stereocenters. The van der Waals surface area contributed by atoms with Gasteiger partial charge in [0.25, 0.3) is 5.91 Å². The summed E-state index contributed by atoms with van der Waals surface area (Å²) in [7, 11) is 2.95. The van der Waals surface area contributed by atoms with E-state index in [0.29, 0.717) is 39.9 Å². The second kappa shape index (κ2) is 12.7. The van der Waals surface area contributed by atoms with Gasteiger partial charge >= 0.3 is 0 Å². The summed E-state index contributed by atoms with van der Waals surface area (Å²) in [5.41, 5.74) is 3.24. The minimum atomic E-state index is -1.32. The number of benzene rings is 3. The van der Waals surface area contributed by atoms with Crippen molar-refractivity contribution in [3.05, 3.63) is 100 Å². The van der Waals surface area contributed by atoms with Crippen LogP contribution in [0.15, 0.2) is 76.7 Å². The number of carbonyl (C=O) groups is 3. The van der Waals surface area contributed by atoms with Gasteiger partial charge in [0.1, 0.15) is 18.5 Å². The van der Waals surface area contributed by atoms with Crippen LogP contribution in [0.1, 0.15) is 43.5 Å². The van der Waals surface area contributed by atoms with Crippen LogP contribution in [0.25, 0.3) is 11.0 Å². The van der Waals surface area contributed by atoms with Crippen LogP contribution in [-0.4, -0.2) is 78.8 Å². The highest BCUT2D eigenvalue weighted by molar-refractivity contribution is 5.99. The van der Waals surface area contributed by atoms with Crippen LogP contribution < -0.4 is 19.5 Å². The summed E-state index contributed by atoms with van der Waals surface area (Å²) in [5, 5.41) is 24.8. The minimum Gasteiger partial charge on any atom is -0.493 e. The number of aryl methyl sites for hydroxylation is 1. The Kier molecular flexibility index (Phi) is 8.53. The zero-order valence-corrected chi connectivity index (χ0v) is 25.6. The van der Waals surface area contributed by atoms with Crippen LogP contribution in [0.3, 0.4) is 0 Å². The fourth-order valence-corrected chi connectivity index (χ4v) is 6.21. The lowest BCUT2D eigenvalue weighted by Gasteiger charge is -2.40. The highest BCUT2D eigenvalue weighted by atomic mass is 16.5. The Morgan fingerprint density at radius 3 is 2.50 bits per heavy atom. The van der Waals surface area contributed by atoms with Gasteiger partial charge in [0, 0.05) is 35.2 Å². The van der Waals surface area contributed by atoms with Gasteiger partial charge in [-0.2, -0.15) is 0 Å². The number of carbonyl (C=O) groups excluding carboxylic acids is 3. The largest absolute Gasteiger partial charge is 0.493 e.